The topological polar surface area (TPSA) is 21.3 Å². The predicted octanol–water partition coefficient (Wildman–Crippen LogP) is 4.05. The third-order valence-electron chi connectivity index (χ3n) is 2.84. The Morgan fingerprint density at radius 2 is 1.89 bits per heavy atom. The van der Waals surface area contributed by atoms with Gasteiger partial charge >= 0.3 is 0 Å². The van der Waals surface area contributed by atoms with E-state index in [2.05, 4.69) is 33.0 Å². The van der Waals surface area contributed by atoms with Gasteiger partial charge in [0, 0.05) is 12.6 Å². The Labute approximate surface area is 116 Å². The summed E-state index contributed by atoms with van der Waals surface area (Å²) in [7, 11) is 0. The maximum atomic E-state index is 6.20. The lowest BCUT2D eigenvalue weighted by atomic mass is 10.1. The molecule has 0 bridgehead atoms. The van der Waals surface area contributed by atoms with E-state index < -0.39 is 0 Å². The Hall–Kier alpha value is -0.730. The van der Waals surface area contributed by atoms with E-state index in [1.54, 1.807) is 0 Å². The quantitative estimate of drug-likeness (QED) is 0.841. The number of hydrogen-bond acceptors (Lipinski definition) is 2. The Balaban J connectivity index is 2.70. The van der Waals surface area contributed by atoms with Crippen LogP contribution >= 0.6 is 11.6 Å². The van der Waals surface area contributed by atoms with Gasteiger partial charge in [0.05, 0.1) is 5.02 Å². The lowest BCUT2D eigenvalue weighted by Crippen LogP contribution is -2.38. The van der Waals surface area contributed by atoms with Gasteiger partial charge < -0.3 is 10.1 Å². The smallest absolute Gasteiger partial charge is 0.138 e. The summed E-state index contributed by atoms with van der Waals surface area (Å²) in [4.78, 5) is 0. The van der Waals surface area contributed by atoms with E-state index in [1.807, 2.05) is 25.1 Å². The van der Waals surface area contributed by atoms with Gasteiger partial charge in [-0.15, -0.1) is 0 Å². The van der Waals surface area contributed by atoms with Crippen LogP contribution in [0.3, 0.4) is 0 Å². The van der Waals surface area contributed by atoms with Gasteiger partial charge in [-0.3, -0.25) is 0 Å². The van der Waals surface area contributed by atoms with Crippen molar-refractivity contribution >= 4 is 11.6 Å². The fourth-order valence-corrected chi connectivity index (χ4v) is 1.91. The standard InChI is InChI=1S/C15H24ClNO/c1-10(2)15(9-17-11(3)4)18-14-7-6-12(5)8-13(14)16/h6-8,10-11,15,17H,9H2,1-5H3. The lowest BCUT2D eigenvalue weighted by molar-refractivity contribution is 0.146. The Morgan fingerprint density at radius 1 is 1.22 bits per heavy atom. The summed E-state index contributed by atoms with van der Waals surface area (Å²) >= 11 is 6.20. The Bertz CT molecular complexity index is 377. The second kappa shape index (κ2) is 7.01. The largest absolute Gasteiger partial charge is 0.487 e. The van der Waals surface area contributed by atoms with Gasteiger partial charge in [-0.2, -0.15) is 0 Å². The number of hydrogen-bond donors (Lipinski definition) is 1. The molecule has 0 aliphatic rings. The Morgan fingerprint density at radius 3 is 2.39 bits per heavy atom. The molecule has 0 heterocycles. The van der Waals surface area contributed by atoms with Gasteiger partial charge in [0.1, 0.15) is 11.9 Å². The predicted molar refractivity (Wildman–Crippen MR) is 78.6 cm³/mol. The van der Waals surface area contributed by atoms with Crippen LogP contribution in [0.5, 0.6) is 5.75 Å². The molecule has 1 aromatic rings. The van der Waals surface area contributed by atoms with Crippen molar-refractivity contribution in [2.75, 3.05) is 6.54 Å². The van der Waals surface area contributed by atoms with Crippen molar-refractivity contribution in [3.63, 3.8) is 0 Å². The molecule has 1 aromatic carbocycles. The maximum Gasteiger partial charge on any atom is 0.138 e. The first-order valence-electron chi connectivity index (χ1n) is 6.56. The molecule has 1 N–H and O–H groups in total. The number of halogens is 1. The Kier molecular flexibility index (Phi) is 5.97. The van der Waals surface area contributed by atoms with E-state index in [9.17, 15) is 0 Å². The number of aryl methyl sites for hydroxylation is 1. The van der Waals surface area contributed by atoms with Crippen LogP contribution in [0, 0.1) is 12.8 Å². The van der Waals surface area contributed by atoms with E-state index in [0.717, 1.165) is 17.9 Å². The number of ether oxygens (including phenoxy) is 1. The molecule has 0 amide bonds. The molecule has 0 fully saturated rings. The second-order valence-corrected chi connectivity index (χ2v) is 5.80. The van der Waals surface area contributed by atoms with E-state index in [0.29, 0.717) is 17.0 Å². The zero-order valence-electron chi connectivity index (χ0n) is 12.0. The van der Waals surface area contributed by atoms with Crippen molar-refractivity contribution in [3.05, 3.63) is 28.8 Å². The zero-order valence-corrected chi connectivity index (χ0v) is 12.7. The number of benzene rings is 1. The van der Waals surface area contributed by atoms with Crippen LogP contribution < -0.4 is 10.1 Å². The summed E-state index contributed by atoms with van der Waals surface area (Å²) in [5.41, 5.74) is 1.15. The van der Waals surface area contributed by atoms with Gasteiger partial charge in [0.15, 0.2) is 0 Å². The fraction of sp³-hybridized carbons (Fsp3) is 0.600. The third kappa shape index (κ3) is 4.87. The minimum atomic E-state index is 0.132. The molecule has 18 heavy (non-hydrogen) atoms. The van der Waals surface area contributed by atoms with E-state index >= 15 is 0 Å². The molecular formula is C15H24ClNO. The van der Waals surface area contributed by atoms with Crippen molar-refractivity contribution in [2.45, 2.75) is 46.8 Å². The van der Waals surface area contributed by atoms with Crippen LogP contribution in [-0.2, 0) is 0 Å². The highest BCUT2D eigenvalue weighted by atomic mass is 35.5. The van der Waals surface area contributed by atoms with Crippen LogP contribution in [0.15, 0.2) is 18.2 Å². The summed E-state index contributed by atoms with van der Waals surface area (Å²) in [6, 6.07) is 6.37. The summed E-state index contributed by atoms with van der Waals surface area (Å²) in [5, 5.41) is 4.10. The minimum absolute atomic E-state index is 0.132. The number of nitrogens with one attached hydrogen (secondary N) is 1. The second-order valence-electron chi connectivity index (χ2n) is 5.40. The number of rotatable bonds is 6. The van der Waals surface area contributed by atoms with Crippen molar-refractivity contribution in [3.8, 4) is 5.75 Å². The maximum absolute atomic E-state index is 6.20. The highest BCUT2D eigenvalue weighted by Gasteiger charge is 2.16. The normalized spacial score (nSPS) is 13.1. The molecule has 0 saturated carbocycles. The molecule has 0 saturated heterocycles. The molecular weight excluding hydrogens is 246 g/mol. The average Bonchev–Trinajstić information content (AvgIpc) is 2.26. The summed E-state index contributed by atoms with van der Waals surface area (Å²) in [5.74, 6) is 1.21. The van der Waals surface area contributed by atoms with Crippen LogP contribution in [0.1, 0.15) is 33.3 Å². The molecule has 0 radical (unpaired) electrons. The SMILES string of the molecule is Cc1ccc(OC(CNC(C)C)C(C)C)c(Cl)c1. The molecule has 1 unspecified atom stereocenters. The molecule has 3 heteroatoms. The van der Waals surface area contributed by atoms with Crippen molar-refractivity contribution in [1.29, 1.82) is 0 Å². The van der Waals surface area contributed by atoms with Crippen LogP contribution in [0.25, 0.3) is 0 Å². The van der Waals surface area contributed by atoms with Gasteiger partial charge in [-0.25, -0.2) is 0 Å². The van der Waals surface area contributed by atoms with Crippen molar-refractivity contribution in [2.24, 2.45) is 5.92 Å². The summed E-state index contributed by atoms with van der Waals surface area (Å²) < 4.78 is 6.02. The first-order valence-corrected chi connectivity index (χ1v) is 6.94. The minimum Gasteiger partial charge on any atom is -0.487 e. The fourth-order valence-electron chi connectivity index (χ4n) is 1.63. The van der Waals surface area contributed by atoms with Gasteiger partial charge in [-0.05, 0) is 30.5 Å². The van der Waals surface area contributed by atoms with Crippen LogP contribution in [-0.4, -0.2) is 18.7 Å². The molecule has 0 aliphatic carbocycles. The van der Waals surface area contributed by atoms with Gasteiger partial charge in [0.2, 0.25) is 0 Å². The van der Waals surface area contributed by atoms with Crippen LogP contribution in [0.2, 0.25) is 5.02 Å². The molecule has 1 atom stereocenters. The van der Waals surface area contributed by atoms with Crippen LogP contribution in [0.4, 0.5) is 0 Å². The average molecular weight is 270 g/mol. The highest BCUT2D eigenvalue weighted by Crippen LogP contribution is 2.27. The summed E-state index contributed by atoms with van der Waals surface area (Å²) in [6.45, 7) is 11.4. The first kappa shape index (κ1) is 15.3. The van der Waals surface area contributed by atoms with Gasteiger partial charge in [0.25, 0.3) is 0 Å². The highest BCUT2D eigenvalue weighted by molar-refractivity contribution is 6.32. The summed E-state index contributed by atoms with van der Waals surface area (Å²) in [6.07, 6.45) is 0.132. The third-order valence-corrected chi connectivity index (χ3v) is 3.13. The lowest BCUT2D eigenvalue weighted by Gasteiger charge is -2.24. The monoisotopic (exact) mass is 269 g/mol. The van der Waals surface area contributed by atoms with E-state index in [1.165, 1.54) is 0 Å². The van der Waals surface area contributed by atoms with Crippen molar-refractivity contribution < 1.29 is 4.74 Å². The molecule has 0 spiro atoms. The van der Waals surface area contributed by atoms with Gasteiger partial charge in [-0.1, -0.05) is 45.4 Å². The zero-order chi connectivity index (χ0) is 13.7. The first-order chi connectivity index (χ1) is 8.40. The molecule has 0 aromatic heterocycles. The molecule has 0 aliphatic heterocycles. The van der Waals surface area contributed by atoms with E-state index in [4.69, 9.17) is 16.3 Å². The molecule has 102 valence electrons. The van der Waals surface area contributed by atoms with Crippen molar-refractivity contribution in [1.82, 2.24) is 5.32 Å². The molecule has 2 nitrogen and oxygen atoms in total. The molecule has 1 rings (SSSR count). The van der Waals surface area contributed by atoms with E-state index in [-0.39, 0.29) is 6.10 Å².